The summed E-state index contributed by atoms with van der Waals surface area (Å²) in [6, 6.07) is 38.8. The van der Waals surface area contributed by atoms with Crippen molar-refractivity contribution in [3.63, 3.8) is 0 Å². The van der Waals surface area contributed by atoms with Crippen molar-refractivity contribution in [3.05, 3.63) is 133 Å². The van der Waals surface area contributed by atoms with Crippen molar-refractivity contribution in [2.45, 2.75) is 0 Å². The van der Waals surface area contributed by atoms with Crippen LogP contribution in [-0.4, -0.2) is 0 Å². The molecule has 0 N–H and O–H groups in total. The summed E-state index contributed by atoms with van der Waals surface area (Å²) < 4.78 is 29.1. The van der Waals surface area contributed by atoms with E-state index in [2.05, 4.69) is 60.7 Å². The Bertz CT molecular complexity index is 1640. The third-order valence-electron chi connectivity index (χ3n) is 6.43. The first-order chi connectivity index (χ1) is 16.7. The number of rotatable bonds is 3. The molecule has 0 nitrogen and oxygen atoms in total. The largest absolute Gasteiger partial charge is 0.206 e. The lowest BCUT2D eigenvalue weighted by Crippen LogP contribution is -1.92. The molecule has 0 spiro atoms. The average Bonchev–Trinajstić information content (AvgIpc) is 2.88. The Morgan fingerprint density at radius 2 is 0.941 bits per heavy atom. The predicted molar refractivity (Wildman–Crippen MR) is 138 cm³/mol. The van der Waals surface area contributed by atoms with Crippen molar-refractivity contribution >= 4 is 21.5 Å². The SMILES string of the molecule is Fc1cccc(F)c1-c1ccc(-c2ccc(-c3ccc4ccccc4c3)cc2)c2ccccc12. The molecule has 0 aliphatic carbocycles. The molecule has 0 fully saturated rings. The maximum atomic E-state index is 14.6. The average molecular weight is 443 g/mol. The molecule has 162 valence electrons. The Morgan fingerprint density at radius 1 is 0.382 bits per heavy atom. The molecule has 0 radical (unpaired) electrons. The van der Waals surface area contributed by atoms with Crippen LogP contribution in [0.4, 0.5) is 8.78 Å². The third-order valence-corrected chi connectivity index (χ3v) is 6.43. The Balaban J connectivity index is 1.44. The topological polar surface area (TPSA) is 0 Å². The zero-order chi connectivity index (χ0) is 23.1. The van der Waals surface area contributed by atoms with Crippen LogP contribution in [0.3, 0.4) is 0 Å². The first-order valence-electron chi connectivity index (χ1n) is 11.2. The van der Waals surface area contributed by atoms with Gasteiger partial charge in [-0.25, -0.2) is 8.78 Å². The zero-order valence-corrected chi connectivity index (χ0v) is 18.3. The van der Waals surface area contributed by atoms with E-state index in [4.69, 9.17) is 0 Å². The van der Waals surface area contributed by atoms with E-state index in [1.807, 2.05) is 42.5 Å². The Labute approximate surface area is 196 Å². The van der Waals surface area contributed by atoms with Crippen molar-refractivity contribution in [1.82, 2.24) is 0 Å². The minimum absolute atomic E-state index is 0.0110. The van der Waals surface area contributed by atoms with Gasteiger partial charge in [0.25, 0.3) is 0 Å². The monoisotopic (exact) mass is 442 g/mol. The number of fused-ring (bicyclic) bond motifs is 2. The molecule has 0 bridgehead atoms. The van der Waals surface area contributed by atoms with Crippen molar-refractivity contribution in [2.24, 2.45) is 0 Å². The highest BCUT2D eigenvalue weighted by Gasteiger charge is 2.15. The summed E-state index contributed by atoms with van der Waals surface area (Å²) in [5, 5.41) is 4.22. The Kier molecular flexibility index (Phi) is 4.92. The summed E-state index contributed by atoms with van der Waals surface area (Å²) in [5.74, 6) is -1.12. The van der Waals surface area contributed by atoms with Crippen LogP contribution in [0.25, 0.3) is 54.9 Å². The van der Waals surface area contributed by atoms with Crippen LogP contribution in [0, 0.1) is 11.6 Å². The van der Waals surface area contributed by atoms with Gasteiger partial charge in [-0.05, 0) is 67.6 Å². The van der Waals surface area contributed by atoms with E-state index in [1.165, 1.54) is 34.5 Å². The molecule has 0 saturated heterocycles. The van der Waals surface area contributed by atoms with Crippen LogP contribution in [-0.2, 0) is 0 Å². The van der Waals surface area contributed by atoms with Gasteiger partial charge in [0, 0.05) is 0 Å². The highest BCUT2D eigenvalue weighted by atomic mass is 19.1. The molecular formula is C32H20F2. The minimum Gasteiger partial charge on any atom is -0.206 e. The molecule has 34 heavy (non-hydrogen) atoms. The molecule has 0 atom stereocenters. The molecule has 0 saturated carbocycles. The highest BCUT2D eigenvalue weighted by Crippen LogP contribution is 2.38. The van der Waals surface area contributed by atoms with Crippen molar-refractivity contribution in [1.29, 1.82) is 0 Å². The van der Waals surface area contributed by atoms with Crippen molar-refractivity contribution in [3.8, 4) is 33.4 Å². The molecule has 0 aliphatic heterocycles. The molecule has 0 aliphatic rings. The third kappa shape index (κ3) is 3.45. The van der Waals surface area contributed by atoms with E-state index in [-0.39, 0.29) is 5.56 Å². The van der Waals surface area contributed by atoms with Crippen LogP contribution in [0.5, 0.6) is 0 Å². The standard InChI is InChI=1S/C32H20F2/c33-30-10-5-11-31(34)32(30)29-19-18-26(27-8-3-4-9-28(27)29)23-15-12-22(13-16-23)25-17-14-21-6-1-2-7-24(21)20-25/h1-20H. The van der Waals surface area contributed by atoms with Crippen molar-refractivity contribution in [2.75, 3.05) is 0 Å². The van der Waals surface area contributed by atoms with Gasteiger partial charge in [0.05, 0.1) is 5.56 Å². The molecule has 2 heteroatoms. The molecule has 0 unspecified atom stereocenters. The molecule has 6 aromatic rings. The minimum atomic E-state index is -0.558. The van der Waals surface area contributed by atoms with E-state index in [9.17, 15) is 8.78 Å². The van der Waals surface area contributed by atoms with Gasteiger partial charge in [0.15, 0.2) is 0 Å². The van der Waals surface area contributed by atoms with Gasteiger partial charge < -0.3 is 0 Å². The fourth-order valence-electron chi connectivity index (χ4n) is 4.74. The second-order valence-electron chi connectivity index (χ2n) is 8.44. The number of hydrogen-bond acceptors (Lipinski definition) is 0. The molecule has 0 amide bonds. The van der Waals surface area contributed by atoms with E-state index < -0.39 is 11.6 Å². The van der Waals surface area contributed by atoms with Crippen LogP contribution >= 0.6 is 0 Å². The molecule has 6 rings (SSSR count). The highest BCUT2D eigenvalue weighted by molar-refractivity contribution is 6.05. The normalized spacial score (nSPS) is 11.2. The Morgan fingerprint density at radius 3 is 1.68 bits per heavy atom. The van der Waals surface area contributed by atoms with Gasteiger partial charge in [-0.3, -0.25) is 0 Å². The van der Waals surface area contributed by atoms with Gasteiger partial charge in [0.2, 0.25) is 0 Å². The smallest absolute Gasteiger partial charge is 0.133 e. The van der Waals surface area contributed by atoms with Gasteiger partial charge in [0.1, 0.15) is 11.6 Å². The summed E-state index contributed by atoms with van der Waals surface area (Å²) >= 11 is 0. The number of halogens is 2. The first-order valence-corrected chi connectivity index (χ1v) is 11.2. The Hall–Kier alpha value is -4.30. The van der Waals surface area contributed by atoms with E-state index >= 15 is 0 Å². The van der Waals surface area contributed by atoms with E-state index in [0.717, 1.165) is 27.5 Å². The summed E-state index contributed by atoms with van der Waals surface area (Å²) in [4.78, 5) is 0. The van der Waals surface area contributed by atoms with Gasteiger partial charge in [-0.1, -0.05) is 103 Å². The van der Waals surface area contributed by atoms with E-state index in [0.29, 0.717) is 5.56 Å². The van der Waals surface area contributed by atoms with Gasteiger partial charge in [-0.2, -0.15) is 0 Å². The fraction of sp³-hybridized carbons (Fsp3) is 0. The summed E-state index contributed by atoms with van der Waals surface area (Å²) in [7, 11) is 0. The molecular weight excluding hydrogens is 422 g/mol. The lowest BCUT2D eigenvalue weighted by atomic mass is 9.91. The van der Waals surface area contributed by atoms with Gasteiger partial charge in [-0.15, -0.1) is 0 Å². The first kappa shape index (κ1) is 20.3. The van der Waals surface area contributed by atoms with Crippen molar-refractivity contribution < 1.29 is 8.78 Å². The lowest BCUT2D eigenvalue weighted by molar-refractivity contribution is 0.590. The van der Waals surface area contributed by atoms with Crippen LogP contribution in [0.1, 0.15) is 0 Å². The number of hydrogen-bond donors (Lipinski definition) is 0. The fourth-order valence-corrected chi connectivity index (χ4v) is 4.74. The summed E-state index contributed by atoms with van der Waals surface area (Å²) in [5.41, 5.74) is 4.96. The zero-order valence-electron chi connectivity index (χ0n) is 18.3. The van der Waals surface area contributed by atoms with Crippen LogP contribution in [0.2, 0.25) is 0 Å². The number of benzene rings is 6. The predicted octanol–water partition coefficient (Wildman–Crippen LogP) is 9.27. The molecule has 0 aromatic heterocycles. The lowest BCUT2D eigenvalue weighted by Gasteiger charge is -2.14. The maximum Gasteiger partial charge on any atom is 0.133 e. The second-order valence-corrected chi connectivity index (χ2v) is 8.44. The van der Waals surface area contributed by atoms with Gasteiger partial charge >= 0.3 is 0 Å². The molecule has 0 heterocycles. The van der Waals surface area contributed by atoms with Crippen LogP contribution < -0.4 is 0 Å². The quantitative estimate of drug-likeness (QED) is 0.256. The summed E-state index contributed by atoms with van der Waals surface area (Å²) in [6.07, 6.45) is 0. The summed E-state index contributed by atoms with van der Waals surface area (Å²) in [6.45, 7) is 0. The van der Waals surface area contributed by atoms with E-state index in [1.54, 1.807) is 0 Å². The molecule has 6 aromatic carbocycles. The second kappa shape index (κ2) is 8.24. The van der Waals surface area contributed by atoms with Crippen LogP contribution in [0.15, 0.2) is 121 Å². The maximum absolute atomic E-state index is 14.6.